The molecule has 0 spiro atoms. The summed E-state index contributed by atoms with van der Waals surface area (Å²) in [5.41, 5.74) is 5.39. The van der Waals surface area contributed by atoms with Crippen LogP contribution in [0.4, 0.5) is 0 Å². The van der Waals surface area contributed by atoms with Crippen molar-refractivity contribution in [3.63, 3.8) is 0 Å². The van der Waals surface area contributed by atoms with Gasteiger partial charge in [0.2, 0.25) is 0 Å². The second-order valence-electron chi connectivity index (χ2n) is 4.30. The highest BCUT2D eigenvalue weighted by atomic mass is 16.1. The number of unbranched alkanes of at least 4 members (excludes halogenated alkanes) is 2. The van der Waals surface area contributed by atoms with Gasteiger partial charge in [0.1, 0.15) is 6.29 Å². The average Bonchev–Trinajstić information content (AvgIpc) is 2.28. The van der Waals surface area contributed by atoms with Gasteiger partial charge >= 0.3 is 0 Å². The zero-order valence-corrected chi connectivity index (χ0v) is 10.2. The van der Waals surface area contributed by atoms with E-state index in [1.807, 2.05) is 0 Å². The second-order valence-corrected chi connectivity index (χ2v) is 4.30. The van der Waals surface area contributed by atoms with Crippen LogP contribution in [0.1, 0.15) is 46.0 Å². The molecule has 3 heteroatoms. The van der Waals surface area contributed by atoms with E-state index >= 15 is 0 Å². The van der Waals surface area contributed by atoms with Crippen molar-refractivity contribution in [3.05, 3.63) is 0 Å². The molecule has 0 fully saturated rings. The maximum Gasteiger partial charge on any atom is 0.138 e. The number of carbonyl (C=O) groups excluding carboxylic acids is 1. The third kappa shape index (κ3) is 8.58. The first-order chi connectivity index (χ1) is 7.24. The van der Waals surface area contributed by atoms with Crippen molar-refractivity contribution in [1.29, 1.82) is 0 Å². The van der Waals surface area contributed by atoms with Gasteiger partial charge in [0.05, 0.1) is 6.04 Å². The summed E-state index contributed by atoms with van der Waals surface area (Å²) in [6.45, 7) is 5.84. The third-order valence-electron chi connectivity index (χ3n) is 2.90. The molecule has 0 saturated carbocycles. The molecule has 0 aromatic heterocycles. The molecular weight excluding hydrogens is 188 g/mol. The van der Waals surface area contributed by atoms with Crippen LogP contribution < -0.4 is 11.1 Å². The van der Waals surface area contributed by atoms with Gasteiger partial charge in [-0.05, 0) is 18.9 Å². The molecule has 0 aliphatic heterocycles. The fourth-order valence-corrected chi connectivity index (χ4v) is 1.47. The molecule has 3 N–H and O–H groups in total. The van der Waals surface area contributed by atoms with Gasteiger partial charge in [-0.2, -0.15) is 0 Å². The highest BCUT2D eigenvalue weighted by Crippen LogP contribution is 2.11. The third-order valence-corrected chi connectivity index (χ3v) is 2.90. The van der Waals surface area contributed by atoms with Gasteiger partial charge in [-0.1, -0.05) is 39.5 Å². The van der Waals surface area contributed by atoms with E-state index in [0.29, 0.717) is 6.54 Å². The molecule has 0 aliphatic carbocycles. The molecule has 0 radical (unpaired) electrons. The van der Waals surface area contributed by atoms with E-state index in [4.69, 9.17) is 5.73 Å². The second kappa shape index (κ2) is 10.1. The summed E-state index contributed by atoms with van der Waals surface area (Å²) >= 11 is 0. The minimum absolute atomic E-state index is 0.153. The van der Waals surface area contributed by atoms with Crippen molar-refractivity contribution >= 4 is 6.29 Å². The van der Waals surface area contributed by atoms with E-state index < -0.39 is 0 Å². The smallest absolute Gasteiger partial charge is 0.138 e. The zero-order valence-electron chi connectivity index (χ0n) is 10.2. The Balaban J connectivity index is 3.20. The van der Waals surface area contributed by atoms with Crippen LogP contribution in [-0.2, 0) is 4.79 Å². The van der Waals surface area contributed by atoms with Gasteiger partial charge < -0.3 is 15.8 Å². The zero-order chi connectivity index (χ0) is 11.5. The molecule has 0 aromatic rings. The van der Waals surface area contributed by atoms with Crippen LogP contribution in [0.3, 0.4) is 0 Å². The molecule has 2 atom stereocenters. The fourth-order valence-electron chi connectivity index (χ4n) is 1.47. The number of aldehydes is 1. The van der Waals surface area contributed by atoms with E-state index in [0.717, 1.165) is 25.2 Å². The Morgan fingerprint density at radius 2 is 2.07 bits per heavy atom. The molecule has 3 nitrogen and oxygen atoms in total. The van der Waals surface area contributed by atoms with E-state index in [2.05, 4.69) is 19.2 Å². The standard InChI is InChI=1S/C12H26N2O/c1-3-11(2)7-5-4-6-8-14-12(9-13)10-15/h10-12,14H,3-9,13H2,1-2H3/t11-,12-/m0/s1. The predicted octanol–water partition coefficient (Wildman–Crippen LogP) is 1.71. The lowest BCUT2D eigenvalue weighted by Crippen LogP contribution is -2.37. The Morgan fingerprint density at radius 1 is 1.33 bits per heavy atom. The summed E-state index contributed by atoms with van der Waals surface area (Å²) in [6.07, 6.45) is 7.17. The summed E-state index contributed by atoms with van der Waals surface area (Å²) in [5, 5.41) is 3.13. The number of hydrogen-bond donors (Lipinski definition) is 2. The van der Waals surface area contributed by atoms with Gasteiger partial charge in [-0.3, -0.25) is 0 Å². The number of hydrogen-bond acceptors (Lipinski definition) is 3. The average molecular weight is 214 g/mol. The lowest BCUT2D eigenvalue weighted by Gasteiger charge is -2.10. The van der Waals surface area contributed by atoms with Crippen LogP contribution in [0, 0.1) is 5.92 Å². The molecule has 90 valence electrons. The highest BCUT2D eigenvalue weighted by molar-refractivity contribution is 5.57. The molecule has 0 amide bonds. The predicted molar refractivity (Wildman–Crippen MR) is 64.8 cm³/mol. The van der Waals surface area contributed by atoms with Gasteiger partial charge in [-0.25, -0.2) is 0 Å². The maximum absolute atomic E-state index is 10.4. The van der Waals surface area contributed by atoms with Crippen LogP contribution in [-0.4, -0.2) is 25.4 Å². The number of rotatable bonds is 10. The van der Waals surface area contributed by atoms with Crippen molar-refractivity contribution in [2.75, 3.05) is 13.1 Å². The largest absolute Gasteiger partial charge is 0.329 e. The molecule has 0 saturated heterocycles. The first-order valence-electron chi connectivity index (χ1n) is 6.13. The molecular formula is C12H26N2O. The molecule has 0 aliphatic rings. The lowest BCUT2D eigenvalue weighted by molar-refractivity contribution is -0.109. The van der Waals surface area contributed by atoms with Crippen LogP contribution in [0.25, 0.3) is 0 Å². The van der Waals surface area contributed by atoms with Crippen molar-refractivity contribution in [3.8, 4) is 0 Å². The monoisotopic (exact) mass is 214 g/mol. The Morgan fingerprint density at radius 3 is 2.60 bits per heavy atom. The molecule has 0 heterocycles. The quantitative estimate of drug-likeness (QED) is 0.430. The van der Waals surface area contributed by atoms with E-state index in [1.54, 1.807) is 0 Å². The molecule has 0 aromatic carbocycles. The minimum atomic E-state index is -0.153. The first-order valence-corrected chi connectivity index (χ1v) is 6.13. The van der Waals surface area contributed by atoms with E-state index in [-0.39, 0.29) is 6.04 Å². The van der Waals surface area contributed by atoms with E-state index in [1.165, 1.54) is 25.7 Å². The molecule has 0 rings (SSSR count). The summed E-state index contributed by atoms with van der Waals surface area (Å²) in [4.78, 5) is 10.4. The number of nitrogens with one attached hydrogen (secondary N) is 1. The van der Waals surface area contributed by atoms with Gasteiger partial charge in [0, 0.05) is 6.54 Å². The lowest BCUT2D eigenvalue weighted by atomic mass is 10.0. The van der Waals surface area contributed by atoms with Gasteiger partial charge in [-0.15, -0.1) is 0 Å². The molecule has 0 bridgehead atoms. The first kappa shape index (κ1) is 14.6. The van der Waals surface area contributed by atoms with Gasteiger partial charge in [0.25, 0.3) is 0 Å². The fraction of sp³-hybridized carbons (Fsp3) is 0.917. The van der Waals surface area contributed by atoms with Crippen molar-refractivity contribution in [1.82, 2.24) is 5.32 Å². The Bertz CT molecular complexity index is 151. The summed E-state index contributed by atoms with van der Waals surface area (Å²) in [5.74, 6) is 0.852. The highest BCUT2D eigenvalue weighted by Gasteiger charge is 2.02. The van der Waals surface area contributed by atoms with E-state index in [9.17, 15) is 4.79 Å². The van der Waals surface area contributed by atoms with Crippen molar-refractivity contribution in [2.45, 2.75) is 52.0 Å². The minimum Gasteiger partial charge on any atom is -0.329 e. The topological polar surface area (TPSA) is 55.1 Å². The Hall–Kier alpha value is -0.410. The Labute approximate surface area is 93.8 Å². The number of carbonyl (C=O) groups is 1. The van der Waals surface area contributed by atoms with Crippen LogP contribution in [0.5, 0.6) is 0 Å². The maximum atomic E-state index is 10.4. The summed E-state index contributed by atoms with van der Waals surface area (Å²) < 4.78 is 0. The van der Waals surface area contributed by atoms with Gasteiger partial charge in [0.15, 0.2) is 0 Å². The van der Waals surface area contributed by atoms with Crippen LogP contribution in [0.2, 0.25) is 0 Å². The number of nitrogens with two attached hydrogens (primary N) is 1. The summed E-state index contributed by atoms with van der Waals surface area (Å²) in [7, 11) is 0. The Kier molecular flexibility index (Phi) is 9.84. The van der Waals surface area contributed by atoms with Crippen LogP contribution >= 0.6 is 0 Å². The van der Waals surface area contributed by atoms with Crippen molar-refractivity contribution in [2.24, 2.45) is 11.7 Å². The van der Waals surface area contributed by atoms with Crippen molar-refractivity contribution < 1.29 is 4.79 Å². The SMILES string of the molecule is CC[C@H](C)CCCCCN[C@H](C=O)CN. The van der Waals surface area contributed by atoms with Crippen LogP contribution in [0.15, 0.2) is 0 Å². The summed E-state index contributed by atoms with van der Waals surface area (Å²) in [6, 6.07) is -0.153. The molecule has 15 heavy (non-hydrogen) atoms. The normalized spacial score (nSPS) is 14.9. The molecule has 0 unspecified atom stereocenters.